The molecule has 0 unspecified atom stereocenters. The molecule has 5 nitrogen and oxygen atoms in total. The second-order valence-electron chi connectivity index (χ2n) is 5.72. The lowest BCUT2D eigenvalue weighted by molar-refractivity contribution is -0.137. The molecule has 1 rings (SSSR count). The molecular formula is C13H24N2O3S2. The van der Waals surface area contributed by atoms with E-state index < -0.39 is 15.3 Å². The number of nitrogens with two attached hydrogens (primary N) is 1. The molecule has 0 aliphatic heterocycles. The van der Waals surface area contributed by atoms with Gasteiger partial charge in [0.05, 0.1) is 16.2 Å². The van der Waals surface area contributed by atoms with Crippen LogP contribution in [0, 0.1) is 5.41 Å². The largest absolute Gasteiger partial charge is 0.392 e. The normalized spacial score (nSPS) is 19.1. The van der Waals surface area contributed by atoms with Crippen molar-refractivity contribution in [2.24, 2.45) is 11.1 Å². The zero-order valence-electron chi connectivity index (χ0n) is 12.2. The number of sulfone groups is 1. The molecule has 1 saturated carbocycles. The maximum atomic E-state index is 12.7. The molecule has 116 valence electrons. The summed E-state index contributed by atoms with van der Waals surface area (Å²) in [4.78, 5) is 14.4. The Bertz CT molecular complexity index is 466. The fraction of sp³-hybridized carbons (Fsp3) is 0.846. The van der Waals surface area contributed by atoms with Gasteiger partial charge in [0.15, 0.2) is 0 Å². The van der Waals surface area contributed by atoms with Crippen LogP contribution in [0.1, 0.15) is 38.5 Å². The molecule has 0 bridgehead atoms. The van der Waals surface area contributed by atoms with Crippen molar-refractivity contribution in [1.82, 2.24) is 4.90 Å². The highest BCUT2D eigenvalue weighted by Crippen LogP contribution is 2.37. The molecule has 0 aromatic heterocycles. The fourth-order valence-corrected chi connectivity index (χ4v) is 3.56. The summed E-state index contributed by atoms with van der Waals surface area (Å²) in [6, 6.07) is 0. The van der Waals surface area contributed by atoms with Gasteiger partial charge in [-0.05, 0) is 12.8 Å². The van der Waals surface area contributed by atoms with E-state index in [1.165, 1.54) is 11.2 Å². The van der Waals surface area contributed by atoms with Crippen LogP contribution >= 0.6 is 12.2 Å². The Hall–Kier alpha value is -0.690. The number of rotatable bonds is 5. The first-order chi connectivity index (χ1) is 9.19. The van der Waals surface area contributed by atoms with E-state index in [-0.39, 0.29) is 23.2 Å². The third-order valence-electron chi connectivity index (χ3n) is 3.98. The minimum Gasteiger partial charge on any atom is -0.392 e. The lowest BCUT2D eigenvalue weighted by atomic mass is 9.79. The fourth-order valence-electron chi connectivity index (χ4n) is 2.67. The van der Waals surface area contributed by atoms with Crippen molar-refractivity contribution in [3.05, 3.63) is 0 Å². The van der Waals surface area contributed by atoms with Gasteiger partial charge in [-0.2, -0.15) is 0 Å². The Balaban J connectivity index is 2.85. The van der Waals surface area contributed by atoms with Crippen LogP contribution in [0.5, 0.6) is 0 Å². The summed E-state index contributed by atoms with van der Waals surface area (Å²) in [7, 11) is -1.47. The summed E-state index contributed by atoms with van der Waals surface area (Å²) in [5.41, 5.74) is 5.08. The zero-order valence-corrected chi connectivity index (χ0v) is 13.9. The number of hydrogen-bond donors (Lipinski definition) is 1. The average molecular weight is 320 g/mol. The van der Waals surface area contributed by atoms with Crippen molar-refractivity contribution in [2.75, 3.05) is 25.6 Å². The van der Waals surface area contributed by atoms with Crippen molar-refractivity contribution in [1.29, 1.82) is 0 Å². The van der Waals surface area contributed by atoms with Crippen LogP contribution in [0.2, 0.25) is 0 Å². The van der Waals surface area contributed by atoms with E-state index in [1.807, 2.05) is 0 Å². The molecular weight excluding hydrogens is 296 g/mol. The van der Waals surface area contributed by atoms with Gasteiger partial charge >= 0.3 is 0 Å². The smallest absolute Gasteiger partial charge is 0.235 e. The van der Waals surface area contributed by atoms with Crippen LogP contribution in [0.15, 0.2) is 0 Å². The van der Waals surface area contributed by atoms with Crippen LogP contribution in [0.4, 0.5) is 0 Å². The topological polar surface area (TPSA) is 80.5 Å². The van der Waals surface area contributed by atoms with Crippen LogP contribution in [-0.4, -0.2) is 49.8 Å². The van der Waals surface area contributed by atoms with Crippen molar-refractivity contribution >= 4 is 33.0 Å². The van der Waals surface area contributed by atoms with E-state index in [9.17, 15) is 13.2 Å². The van der Waals surface area contributed by atoms with E-state index in [0.29, 0.717) is 12.8 Å². The molecule has 0 heterocycles. The standard InChI is InChI=1S/C13H24N2O3S2/c1-15(9-10-20(2,17)18)12(16)13(11(14)19)7-5-3-4-6-8-13/h3-10H2,1-2H3,(H2,14,19). The molecule has 7 heteroatoms. The highest BCUT2D eigenvalue weighted by Gasteiger charge is 2.43. The molecule has 2 N–H and O–H groups in total. The molecule has 1 fully saturated rings. The van der Waals surface area contributed by atoms with E-state index >= 15 is 0 Å². The summed E-state index contributed by atoms with van der Waals surface area (Å²) >= 11 is 5.15. The Morgan fingerprint density at radius 1 is 1.25 bits per heavy atom. The number of carbonyl (C=O) groups excluding carboxylic acids is 1. The van der Waals surface area contributed by atoms with Gasteiger partial charge in [-0.25, -0.2) is 8.42 Å². The average Bonchev–Trinajstić information content (AvgIpc) is 2.60. The number of nitrogens with zero attached hydrogens (tertiary/aromatic N) is 1. The van der Waals surface area contributed by atoms with Crippen LogP contribution in [-0.2, 0) is 14.6 Å². The highest BCUT2D eigenvalue weighted by atomic mass is 32.2. The maximum absolute atomic E-state index is 12.7. The monoisotopic (exact) mass is 320 g/mol. The summed E-state index contributed by atoms with van der Waals surface area (Å²) in [5.74, 6) is -0.168. The molecule has 0 radical (unpaired) electrons. The first-order valence-electron chi connectivity index (χ1n) is 6.92. The second-order valence-corrected chi connectivity index (χ2v) is 8.42. The van der Waals surface area contributed by atoms with E-state index in [0.717, 1.165) is 25.7 Å². The van der Waals surface area contributed by atoms with Crippen LogP contribution < -0.4 is 5.73 Å². The number of thiocarbonyl (C=S) groups is 1. The van der Waals surface area contributed by atoms with Gasteiger partial charge in [-0.3, -0.25) is 4.79 Å². The van der Waals surface area contributed by atoms with Gasteiger partial charge in [0.1, 0.15) is 9.84 Å². The van der Waals surface area contributed by atoms with Crippen LogP contribution in [0.25, 0.3) is 0 Å². The molecule has 0 atom stereocenters. The molecule has 0 saturated heterocycles. The summed E-state index contributed by atoms with van der Waals surface area (Å²) in [6.45, 7) is 0.183. The first kappa shape index (κ1) is 17.4. The molecule has 1 amide bonds. The minimum atomic E-state index is -3.09. The predicted molar refractivity (Wildman–Crippen MR) is 84.3 cm³/mol. The maximum Gasteiger partial charge on any atom is 0.235 e. The van der Waals surface area contributed by atoms with Gasteiger partial charge in [-0.15, -0.1) is 0 Å². The van der Waals surface area contributed by atoms with Crippen molar-refractivity contribution in [3.63, 3.8) is 0 Å². The third kappa shape index (κ3) is 4.41. The molecule has 20 heavy (non-hydrogen) atoms. The number of hydrogen-bond acceptors (Lipinski definition) is 4. The van der Waals surface area contributed by atoms with E-state index in [4.69, 9.17) is 18.0 Å². The van der Waals surface area contributed by atoms with E-state index in [1.54, 1.807) is 7.05 Å². The Morgan fingerprint density at radius 3 is 2.15 bits per heavy atom. The van der Waals surface area contributed by atoms with Crippen molar-refractivity contribution in [2.45, 2.75) is 38.5 Å². The second kappa shape index (κ2) is 6.85. The Labute approximate surface area is 126 Å². The summed E-state index contributed by atoms with van der Waals surface area (Å²) in [5, 5.41) is 0. The molecule has 0 aromatic rings. The van der Waals surface area contributed by atoms with Gasteiger partial charge in [0.25, 0.3) is 0 Å². The lowest BCUT2D eigenvalue weighted by Crippen LogP contribution is -2.50. The molecule has 0 spiro atoms. The summed E-state index contributed by atoms with van der Waals surface area (Å²) < 4.78 is 22.4. The minimum absolute atomic E-state index is 0.0390. The van der Waals surface area contributed by atoms with E-state index in [2.05, 4.69) is 0 Å². The predicted octanol–water partition coefficient (Wildman–Crippen LogP) is 1.12. The Kier molecular flexibility index (Phi) is 5.94. The van der Waals surface area contributed by atoms with Crippen LogP contribution in [0.3, 0.4) is 0 Å². The zero-order chi connectivity index (χ0) is 15.4. The molecule has 1 aliphatic carbocycles. The van der Waals surface area contributed by atoms with Gasteiger partial charge in [-0.1, -0.05) is 37.9 Å². The number of amides is 1. The third-order valence-corrected chi connectivity index (χ3v) is 5.30. The first-order valence-corrected chi connectivity index (χ1v) is 9.39. The van der Waals surface area contributed by atoms with Gasteiger partial charge in [0.2, 0.25) is 5.91 Å². The highest BCUT2D eigenvalue weighted by molar-refractivity contribution is 7.90. The lowest BCUT2D eigenvalue weighted by Gasteiger charge is -2.34. The van der Waals surface area contributed by atoms with Gasteiger partial charge < -0.3 is 10.6 Å². The molecule has 0 aromatic carbocycles. The Morgan fingerprint density at radius 2 is 1.75 bits per heavy atom. The van der Waals surface area contributed by atoms with Gasteiger partial charge in [0, 0.05) is 19.8 Å². The number of carbonyl (C=O) groups is 1. The SMILES string of the molecule is CN(CCS(C)(=O)=O)C(=O)C1(C(N)=S)CCCCCC1. The quantitative estimate of drug-likeness (QED) is 0.606. The molecule has 1 aliphatic rings. The van der Waals surface area contributed by atoms with Crippen molar-refractivity contribution in [3.8, 4) is 0 Å². The summed E-state index contributed by atoms with van der Waals surface area (Å²) in [6.07, 6.45) is 6.55. The van der Waals surface area contributed by atoms with Crippen molar-refractivity contribution < 1.29 is 13.2 Å².